The topological polar surface area (TPSA) is 84.5 Å². The van der Waals surface area contributed by atoms with Crippen molar-refractivity contribution in [3.63, 3.8) is 0 Å². The van der Waals surface area contributed by atoms with E-state index in [0.29, 0.717) is 10.8 Å². The molecule has 2 aromatic carbocycles. The van der Waals surface area contributed by atoms with Gasteiger partial charge in [0.1, 0.15) is 18.2 Å². The number of carbonyl (C=O) groups is 1. The Labute approximate surface area is 156 Å². The first-order valence-electron chi connectivity index (χ1n) is 7.72. The normalized spacial score (nSPS) is 12.4. The standard InChI is InChI=1S/C17H18ClFN2O4S/c1-12(21-26(23,24)16-8-4-14(19)5-9-16)17(22)20-10-11-25-15-6-2-13(18)3-7-15/h2-9,12,21H,10-11H2,1H3,(H,20,22)/t12-/m0/s1. The molecule has 26 heavy (non-hydrogen) atoms. The van der Waals surface area contributed by atoms with Gasteiger partial charge in [-0.3, -0.25) is 4.79 Å². The van der Waals surface area contributed by atoms with Crippen LogP contribution in [0, 0.1) is 5.82 Å². The lowest BCUT2D eigenvalue weighted by atomic mass is 10.3. The Bertz CT molecular complexity index is 842. The Morgan fingerprint density at radius 1 is 1.15 bits per heavy atom. The minimum absolute atomic E-state index is 0.121. The molecule has 6 nitrogen and oxygen atoms in total. The van der Waals surface area contributed by atoms with Gasteiger partial charge in [0, 0.05) is 5.02 Å². The van der Waals surface area contributed by atoms with Gasteiger partial charge in [-0.15, -0.1) is 0 Å². The maximum absolute atomic E-state index is 12.9. The monoisotopic (exact) mass is 400 g/mol. The van der Waals surface area contributed by atoms with Crippen LogP contribution in [-0.4, -0.2) is 33.5 Å². The molecular weight excluding hydrogens is 383 g/mol. The van der Waals surface area contributed by atoms with E-state index in [1.807, 2.05) is 0 Å². The highest BCUT2D eigenvalue weighted by atomic mass is 35.5. The second kappa shape index (κ2) is 8.98. The number of sulfonamides is 1. The van der Waals surface area contributed by atoms with E-state index >= 15 is 0 Å². The van der Waals surface area contributed by atoms with Crippen molar-refractivity contribution < 1.29 is 22.3 Å². The number of benzene rings is 2. The van der Waals surface area contributed by atoms with Crippen LogP contribution in [0.2, 0.25) is 5.02 Å². The van der Waals surface area contributed by atoms with Crippen molar-refractivity contribution in [2.45, 2.75) is 17.9 Å². The molecule has 140 valence electrons. The van der Waals surface area contributed by atoms with E-state index in [-0.39, 0.29) is 18.0 Å². The van der Waals surface area contributed by atoms with Gasteiger partial charge >= 0.3 is 0 Å². The predicted molar refractivity (Wildman–Crippen MR) is 96.1 cm³/mol. The predicted octanol–water partition coefficient (Wildman–Crippen LogP) is 2.34. The number of carbonyl (C=O) groups excluding carboxylic acids is 1. The van der Waals surface area contributed by atoms with Gasteiger partial charge in [-0.2, -0.15) is 4.72 Å². The maximum Gasteiger partial charge on any atom is 0.241 e. The molecule has 2 aromatic rings. The van der Waals surface area contributed by atoms with Crippen molar-refractivity contribution in [2.75, 3.05) is 13.2 Å². The average Bonchev–Trinajstić information content (AvgIpc) is 2.60. The molecule has 0 saturated heterocycles. The molecule has 0 aliphatic heterocycles. The van der Waals surface area contributed by atoms with Crippen LogP contribution in [0.15, 0.2) is 53.4 Å². The third-order valence-corrected chi connectivity index (χ3v) is 5.14. The van der Waals surface area contributed by atoms with Crippen molar-refractivity contribution in [3.05, 3.63) is 59.4 Å². The van der Waals surface area contributed by atoms with Crippen LogP contribution in [-0.2, 0) is 14.8 Å². The molecule has 0 aromatic heterocycles. The number of ether oxygens (including phenoxy) is 1. The van der Waals surface area contributed by atoms with Crippen LogP contribution in [0.5, 0.6) is 5.75 Å². The van der Waals surface area contributed by atoms with Crippen LogP contribution in [0.25, 0.3) is 0 Å². The Balaban J connectivity index is 1.79. The molecule has 0 radical (unpaired) electrons. The minimum Gasteiger partial charge on any atom is -0.492 e. The average molecular weight is 401 g/mol. The van der Waals surface area contributed by atoms with Gasteiger partial charge in [-0.1, -0.05) is 11.6 Å². The Hall–Kier alpha value is -2.16. The Kier molecular flexibility index (Phi) is 6.96. The van der Waals surface area contributed by atoms with Gasteiger partial charge in [0.15, 0.2) is 0 Å². The maximum atomic E-state index is 12.9. The van der Waals surface area contributed by atoms with E-state index in [2.05, 4.69) is 10.0 Å². The van der Waals surface area contributed by atoms with Crippen LogP contribution in [0.1, 0.15) is 6.92 Å². The number of hydrogen-bond acceptors (Lipinski definition) is 4. The van der Waals surface area contributed by atoms with Crippen LogP contribution < -0.4 is 14.8 Å². The van der Waals surface area contributed by atoms with E-state index in [9.17, 15) is 17.6 Å². The van der Waals surface area contributed by atoms with Gasteiger partial charge in [0.05, 0.1) is 17.5 Å². The second-order valence-electron chi connectivity index (χ2n) is 5.39. The summed E-state index contributed by atoms with van der Waals surface area (Å²) in [5.74, 6) is -0.445. The Morgan fingerprint density at radius 2 is 1.77 bits per heavy atom. The quantitative estimate of drug-likeness (QED) is 0.666. The molecule has 2 rings (SSSR count). The summed E-state index contributed by atoms with van der Waals surface area (Å²) >= 11 is 5.77. The molecule has 1 atom stereocenters. The van der Waals surface area contributed by atoms with E-state index in [0.717, 1.165) is 24.3 Å². The molecule has 0 saturated carbocycles. The van der Waals surface area contributed by atoms with Gasteiger partial charge in [0.2, 0.25) is 15.9 Å². The lowest BCUT2D eigenvalue weighted by Gasteiger charge is -2.15. The van der Waals surface area contributed by atoms with Crippen LogP contribution in [0.4, 0.5) is 4.39 Å². The van der Waals surface area contributed by atoms with E-state index < -0.39 is 27.8 Å². The van der Waals surface area contributed by atoms with E-state index in [1.54, 1.807) is 24.3 Å². The molecule has 9 heteroatoms. The summed E-state index contributed by atoms with van der Waals surface area (Å²) in [4.78, 5) is 11.9. The highest BCUT2D eigenvalue weighted by Gasteiger charge is 2.21. The third kappa shape index (κ3) is 5.98. The summed E-state index contributed by atoms with van der Waals surface area (Å²) in [5, 5.41) is 3.16. The van der Waals surface area contributed by atoms with Crippen molar-refractivity contribution in [2.24, 2.45) is 0 Å². The lowest BCUT2D eigenvalue weighted by Crippen LogP contribution is -2.45. The lowest BCUT2D eigenvalue weighted by molar-refractivity contribution is -0.122. The van der Waals surface area contributed by atoms with Gasteiger partial charge < -0.3 is 10.1 Å². The smallest absolute Gasteiger partial charge is 0.241 e. The van der Waals surface area contributed by atoms with Crippen molar-refractivity contribution in [3.8, 4) is 5.75 Å². The highest BCUT2D eigenvalue weighted by molar-refractivity contribution is 7.89. The van der Waals surface area contributed by atoms with Crippen LogP contribution >= 0.6 is 11.6 Å². The molecule has 0 fully saturated rings. The SMILES string of the molecule is C[C@H](NS(=O)(=O)c1ccc(F)cc1)C(=O)NCCOc1ccc(Cl)cc1. The molecule has 0 unspecified atom stereocenters. The molecule has 0 aliphatic carbocycles. The zero-order valence-electron chi connectivity index (χ0n) is 13.9. The summed E-state index contributed by atoms with van der Waals surface area (Å²) in [6.45, 7) is 1.82. The fraction of sp³-hybridized carbons (Fsp3) is 0.235. The third-order valence-electron chi connectivity index (χ3n) is 3.33. The van der Waals surface area contributed by atoms with Gasteiger partial charge in [-0.05, 0) is 55.5 Å². The molecule has 0 bridgehead atoms. The summed E-state index contributed by atoms with van der Waals surface area (Å²) < 4.78 is 44.9. The molecular formula is C17H18ClFN2O4S. The van der Waals surface area contributed by atoms with Gasteiger partial charge in [-0.25, -0.2) is 12.8 Å². The Morgan fingerprint density at radius 3 is 2.38 bits per heavy atom. The van der Waals surface area contributed by atoms with Crippen molar-refractivity contribution >= 4 is 27.5 Å². The fourth-order valence-electron chi connectivity index (χ4n) is 2.00. The first-order chi connectivity index (χ1) is 12.3. The molecule has 0 aliphatic rings. The largest absolute Gasteiger partial charge is 0.492 e. The number of halogens is 2. The second-order valence-corrected chi connectivity index (χ2v) is 7.54. The minimum atomic E-state index is -3.92. The number of amides is 1. The summed E-state index contributed by atoms with van der Waals surface area (Å²) in [6, 6.07) is 10.1. The molecule has 0 spiro atoms. The highest BCUT2D eigenvalue weighted by Crippen LogP contribution is 2.15. The summed E-state index contributed by atoms with van der Waals surface area (Å²) in [6.07, 6.45) is 0. The number of nitrogens with one attached hydrogen (secondary N) is 2. The van der Waals surface area contributed by atoms with E-state index in [4.69, 9.17) is 16.3 Å². The zero-order valence-corrected chi connectivity index (χ0v) is 15.5. The van der Waals surface area contributed by atoms with Crippen molar-refractivity contribution in [1.82, 2.24) is 10.0 Å². The summed E-state index contributed by atoms with van der Waals surface area (Å²) in [7, 11) is -3.92. The molecule has 0 heterocycles. The number of rotatable bonds is 8. The molecule has 1 amide bonds. The zero-order chi connectivity index (χ0) is 19.2. The van der Waals surface area contributed by atoms with Gasteiger partial charge in [0.25, 0.3) is 0 Å². The number of hydrogen-bond donors (Lipinski definition) is 2. The fourth-order valence-corrected chi connectivity index (χ4v) is 3.32. The van der Waals surface area contributed by atoms with Crippen molar-refractivity contribution in [1.29, 1.82) is 0 Å². The summed E-state index contributed by atoms with van der Waals surface area (Å²) in [5.41, 5.74) is 0. The van der Waals surface area contributed by atoms with Crippen LogP contribution in [0.3, 0.4) is 0 Å². The molecule has 2 N–H and O–H groups in total. The van der Waals surface area contributed by atoms with E-state index in [1.165, 1.54) is 6.92 Å². The first kappa shape index (κ1) is 20.2. The first-order valence-corrected chi connectivity index (χ1v) is 9.58.